The fraction of sp³-hybridized carbons (Fsp3) is 0.931. The van der Waals surface area contributed by atoms with Crippen LogP contribution in [0, 0.1) is 40.4 Å². The van der Waals surface area contributed by atoms with Crippen LogP contribution in [-0.4, -0.2) is 65.3 Å². The van der Waals surface area contributed by atoms with E-state index in [9.17, 15) is 19.8 Å². The highest BCUT2D eigenvalue weighted by Gasteiger charge is 2.64. The van der Waals surface area contributed by atoms with E-state index in [4.69, 9.17) is 4.74 Å². The third-order valence-corrected chi connectivity index (χ3v) is 10.8. The smallest absolute Gasteiger partial charge is 0.320 e. The lowest BCUT2D eigenvalue weighted by molar-refractivity contribution is -0.199. The first kappa shape index (κ1) is 27.1. The van der Waals surface area contributed by atoms with Crippen LogP contribution in [0.15, 0.2) is 0 Å². The largest absolute Gasteiger partial charge is 0.461 e. The molecule has 0 aromatic rings. The standard InChI is InChI=1S/C29H49NO5/c1-5-13-30(14-6-2)17-26(34)35-25-16-29(4)22(9-10-23(29)24(33)18-31)21-8-7-19-15-20(32)11-12-28(19,3)27(21)25/h19-23,25,27,31-32H,5-18H2,1-4H3/t19?,20?,21-,22-,23+,25?,27+,28-,29-/m0/s1. The van der Waals surface area contributed by atoms with Gasteiger partial charge in [0.05, 0.1) is 12.6 Å². The number of rotatable bonds is 9. The van der Waals surface area contributed by atoms with Crippen molar-refractivity contribution in [3.05, 3.63) is 0 Å². The fourth-order valence-electron chi connectivity index (χ4n) is 9.36. The molecule has 200 valence electrons. The van der Waals surface area contributed by atoms with Crippen molar-refractivity contribution in [3.8, 4) is 0 Å². The number of Topliss-reactive ketones (excluding diaryl/α,β-unsaturated/α-hetero) is 1. The number of esters is 1. The molecule has 0 amide bonds. The van der Waals surface area contributed by atoms with Crippen molar-refractivity contribution in [1.82, 2.24) is 4.90 Å². The molecule has 4 fully saturated rings. The third kappa shape index (κ3) is 4.96. The van der Waals surface area contributed by atoms with E-state index in [2.05, 4.69) is 32.6 Å². The summed E-state index contributed by atoms with van der Waals surface area (Å²) in [5.41, 5.74) is -0.171. The normalized spacial score (nSPS) is 42.8. The molecule has 3 unspecified atom stereocenters. The van der Waals surface area contributed by atoms with Gasteiger partial charge < -0.3 is 14.9 Å². The van der Waals surface area contributed by atoms with Gasteiger partial charge in [0, 0.05) is 11.8 Å². The van der Waals surface area contributed by atoms with Gasteiger partial charge in [-0.15, -0.1) is 0 Å². The van der Waals surface area contributed by atoms with Gasteiger partial charge in [0.2, 0.25) is 0 Å². The average Bonchev–Trinajstić information content (AvgIpc) is 3.15. The molecule has 9 atom stereocenters. The number of fused-ring (bicyclic) bond motifs is 5. The minimum atomic E-state index is -0.397. The minimum absolute atomic E-state index is 0.0451. The summed E-state index contributed by atoms with van der Waals surface area (Å²) in [6.07, 6.45) is 9.04. The molecule has 2 N–H and O–H groups in total. The Balaban J connectivity index is 1.63. The maximum atomic E-state index is 13.3. The first-order chi connectivity index (χ1) is 16.7. The number of carbonyl (C=O) groups excluding carboxylic acids is 2. The lowest BCUT2D eigenvalue weighted by Gasteiger charge is -2.62. The molecule has 0 aliphatic heterocycles. The van der Waals surface area contributed by atoms with Crippen LogP contribution < -0.4 is 0 Å². The van der Waals surface area contributed by atoms with Crippen LogP contribution in [0.4, 0.5) is 0 Å². The molecule has 0 radical (unpaired) electrons. The molecule has 6 nitrogen and oxygen atoms in total. The second-order valence-corrected chi connectivity index (χ2v) is 12.8. The summed E-state index contributed by atoms with van der Waals surface area (Å²) >= 11 is 0. The Morgan fingerprint density at radius 2 is 1.71 bits per heavy atom. The zero-order valence-corrected chi connectivity index (χ0v) is 22.5. The maximum Gasteiger partial charge on any atom is 0.320 e. The van der Waals surface area contributed by atoms with Crippen molar-refractivity contribution in [3.63, 3.8) is 0 Å². The second kappa shape index (κ2) is 10.8. The highest BCUT2D eigenvalue weighted by Crippen LogP contribution is 2.68. The Kier molecular flexibility index (Phi) is 8.34. The van der Waals surface area contributed by atoms with Crippen LogP contribution in [0.5, 0.6) is 0 Å². The van der Waals surface area contributed by atoms with Crippen molar-refractivity contribution in [2.45, 2.75) is 104 Å². The van der Waals surface area contributed by atoms with E-state index in [-0.39, 0.29) is 46.6 Å². The number of ketones is 1. The molecule has 35 heavy (non-hydrogen) atoms. The number of ether oxygens (including phenoxy) is 1. The molecule has 4 aliphatic carbocycles. The minimum Gasteiger partial charge on any atom is -0.461 e. The molecule has 0 heterocycles. The molecular weight excluding hydrogens is 442 g/mol. The molecule has 0 aromatic heterocycles. The van der Waals surface area contributed by atoms with Crippen molar-refractivity contribution < 1.29 is 24.5 Å². The van der Waals surface area contributed by atoms with Crippen LogP contribution in [0.25, 0.3) is 0 Å². The summed E-state index contributed by atoms with van der Waals surface area (Å²) in [7, 11) is 0. The lowest BCUT2D eigenvalue weighted by Crippen LogP contribution is -2.60. The molecule has 4 rings (SSSR count). The fourth-order valence-corrected chi connectivity index (χ4v) is 9.36. The van der Waals surface area contributed by atoms with E-state index >= 15 is 0 Å². The Morgan fingerprint density at radius 3 is 2.37 bits per heavy atom. The Bertz CT molecular complexity index is 766. The van der Waals surface area contributed by atoms with E-state index in [0.717, 1.165) is 70.9 Å². The van der Waals surface area contributed by atoms with E-state index < -0.39 is 6.61 Å². The van der Waals surface area contributed by atoms with Crippen LogP contribution in [-0.2, 0) is 14.3 Å². The Hall–Kier alpha value is -0.980. The molecule has 0 spiro atoms. The summed E-state index contributed by atoms with van der Waals surface area (Å²) in [4.78, 5) is 28.3. The number of aliphatic hydroxyl groups is 2. The lowest BCUT2D eigenvalue weighted by atomic mass is 9.43. The van der Waals surface area contributed by atoms with Crippen LogP contribution >= 0.6 is 0 Å². The quantitative estimate of drug-likeness (QED) is 0.470. The van der Waals surface area contributed by atoms with Crippen molar-refractivity contribution in [1.29, 1.82) is 0 Å². The highest BCUT2D eigenvalue weighted by atomic mass is 16.5. The van der Waals surface area contributed by atoms with Gasteiger partial charge in [0.25, 0.3) is 0 Å². The Labute approximate surface area is 212 Å². The Morgan fingerprint density at radius 1 is 1.00 bits per heavy atom. The first-order valence-electron chi connectivity index (χ1n) is 14.4. The zero-order valence-electron chi connectivity index (χ0n) is 22.5. The summed E-state index contributed by atoms with van der Waals surface area (Å²) in [6, 6.07) is 0. The van der Waals surface area contributed by atoms with E-state index in [1.807, 2.05) is 0 Å². The number of nitrogens with zero attached hydrogens (tertiary/aromatic N) is 1. The topological polar surface area (TPSA) is 87.1 Å². The van der Waals surface area contributed by atoms with Gasteiger partial charge in [-0.2, -0.15) is 0 Å². The van der Waals surface area contributed by atoms with Crippen LogP contribution in [0.3, 0.4) is 0 Å². The molecule has 6 heteroatoms. The predicted molar refractivity (Wildman–Crippen MR) is 136 cm³/mol. The number of carbonyl (C=O) groups is 2. The van der Waals surface area contributed by atoms with Crippen LogP contribution in [0.1, 0.15) is 91.9 Å². The van der Waals surface area contributed by atoms with Gasteiger partial charge in [-0.25, -0.2) is 0 Å². The van der Waals surface area contributed by atoms with Gasteiger partial charge in [-0.1, -0.05) is 27.7 Å². The molecule has 0 saturated heterocycles. The van der Waals surface area contributed by atoms with E-state index in [1.165, 1.54) is 0 Å². The van der Waals surface area contributed by atoms with Crippen molar-refractivity contribution >= 4 is 11.8 Å². The first-order valence-corrected chi connectivity index (χ1v) is 14.4. The van der Waals surface area contributed by atoms with Crippen molar-refractivity contribution in [2.24, 2.45) is 40.4 Å². The van der Waals surface area contributed by atoms with Gasteiger partial charge in [-0.3, -0.25) is 14.5 Å². The van der Waals surface area contributed by atoms with E-state index in [1.54, 1.807) is 0 Å². The third-order valence-electron chi connectivity index (χ3n) is 10.8. The predicted octanol–water partition coefficient (Wildman–Crippen LogP) is 4.21. The molecule has 0 aromatic carbocycles. The van der Waals surface area contributed by atoms with Crippen molar-refractivity contribution in [2.75, 3.05) is 26.2 Å². The molecule has 0 bridgehead atoms. The zero-order chi connectivity index (χ0) is 25.4. The van der Waals surface area contributed by atoms with Gasteiger partial charge in [0.15, 0.2) is 5.78 Å². The summed E-state index contributed by atoms with van der Waals surface area (Å²) in [5.74, 6) is 1.29. The average molecular weight is 492 g/mol. The van der Waals surface area contributed by atoms with Gasteiger partial charge in [-0.05, 0) is 106 Å². The van der Waals surface area contributed by atoms with Gasteiger partial charge >= 0.3 is 5.97 Å². The molecule has 4 aliphatic rings. The SMILES string of the molecule is CCCN(CCC)CC(=O)OC1C[C@]2(C)[C@@H](C(=O)CO)CC[C@H]2[C@@H]2CCC3CC(O)CC[C@]3(C)[C@@H]12. The summed E-state index contributed by atoms with van der Waals surface area (Å²) in [6.45, 7) is 10.6. The maximum absolute atomic E-state index is 13.3. The number of aliphatic hydroxyl groups excluding tert-OH is 2. The number of hydrogen-bond donors (Lipinski definition) is 2. The van der Waals surface area contributed by atoms with E-state index in [0.29, 0.717) is 30.7 Å². The monoisotopic (exact) mass is 491 g/mol. The summed E-state index contributed by atoms with van der Waals surface area (Å²) < 4.78 is 6.44. The highest BCUT2D eigenvalue weighted by molar-refractivity contribution is 5.83. The summed E-state index contributed by atoms with van der Waals surface area (Å²) in [5, 5.41) is 20.1. The number of hydrogen-bond acceptors (Lipinski definition) is 6. The van der Waals surface area contributed by atoms with Gasteiger partial charge in [0.1, 0.15) is 12.7 Å². The molecule has 4 saturated carbocycles. The van der Waals surface area contributed by atoms with Crippen LogP contribution in [0.2, 0.25) is 0 Å². The molecular formula is C29H49NO5. The second-order valence-electron chi connectivity index (χ2n) is 12.8.